The molecule has 88 valence electrons. The molecule has 2 aromatic rings. The molecule has 0 saturated heterocycles. The summed E-state index contributed by atoms with van der Waals surface area (Å²) < 4.78 is 0. The maximum Gasteiger partial charge on any atom is 2.00 e. The van der Waals surface area contributed by atoms with Crippen molar-refractivity contribution in [1.29, 1.82) is 0 Å². The molecule has 2 rings (SSSR count). The van der Waals surface area contributed by atoms with E-state index in [1.807, 2.05) is 30.3 Å². The van der Waals surface area contributed by atoms with Crippen LogP contribution >= 0.6 is 0 Å². The Kier molecular flexibility index (Phi) is 8.93. The maximum atomic E-state index is 3.35. The van der Waals surface area contributed by atoms with E-state index in [4.69, 9.17) is 0 Å². The van der Waals surface area contributed by atoms with E-state index in [9.17, 15) is 0 Å². The van der Waals surface area contributed by atoms with Crippen LogP contribution in [0.3, 0.4) is 0 Å². The first kappa shape index (κ1) is 15.2. The zero-order valence-electron chi connectivity index (χ0n) is 9.83. The van der Waals surface area contributed by atoms with Gasteiger partial charge in [-0.05, 0) is 6.54 Å². The quantitative estimate of drug-likeness (QED) is 0.657. The Bertz CT molecular complexity index is 291. The van der Waals surface area contributed by atoms with Gasteiger partial charge in [0, 0.05) is 6.04 Å². The first-order chi connectivity index (χ1) is 7.29. The molecule has 0 spiro atoms. The molecular weight excluding hydrogens is 238 g/mol. The van der Waals surface area contributed by atoms with Crippen LogP contribution in [0.2, 0.25) is 0 Å². The SMILES string of the molecule is CC(C)NCc1ccc[cH-]1.[Fe+2].c1cc[cH-]c1. The molecule has 1 nitrogen and oxygen atoms in total. The van der Waals surface area contributed by atoms with Gasteiger partial charge in [-0.25, -0.2) is 24.3 Å². The summed E-state index contributed by atoms with van der Waals surface area (Å²) in [6.45, 7) is 5.30. The molecule has 0 aliphatic heterocycles. The van der Waals surface area contributed by atoms with E-state index in [0.29, 0.717) is 6.04 Å². The number of hydrogen-bond donors (Lipinski definition) is 1. The van der Waals surface area contributed by atoms with Crippen LogP contribution in [0.5, 0.6) is 0 Å². The Balaban J connectivity index is 0.000000318. The average Bonchev–Trinajstić information content (AvgIpc) is 2.91. The van der Waals surface area contributed by atoms with Crippen LogP contribution in [0.15, 0.2) is 54.6 Å². The molecule has 0 radical (unpaired) electrons. The molecule has 0 atom stereocenters. The molecule has 0 saturated carbocycles. The van der Waals surface area contributed by atoms with Gasteiger partial charge in [0.15, 0.2) is 0 Å². The Morgan fingerprint density at radius 1 is 1.12 bits per heavy atom. The van der Waals surface area contributed by atoms with Crippen molar-refractivity contribution in [3.63, 3.8) is 0 Å². The van der Waals surface area contributed by atoms with Gasteiger partial charge in [-0.1, -0.05) is 13.8 Å². The fourth-order valence-electron chi connectivity index (χ4n) is 1.17. The van der Waals surface area contributed by atoms with E-state index >= 15 is 0 Å². The molecular formula is C14H19FeN. The zero-order chi connectivity index (χ0) is 10.9. The summed E-state index contributed by atoms with van der Waals surface area (Å²) in [5.41, 5.74) is 1.37. The van der Waals surface area contributed by atoms with Crippen molar-refractivity contribution in [2.24, 2.45) is 0 Å². The van der Waals surface area contributed by atoms with Crippen LogP contribution in [0, 0.1) is 0 Å². The van der Waals surface area contributed by atoms with Crippen molar-refractivity contribution in [3.05, 3.63) is 60.2 Å². The van der Waals surface area contributed by atoms with E-state index in [1.54, 1.807) is 0 Å². The minimum absolute atomic E-state index is 0. The normalized spacial score (nSPS) is 9.19. The van der Waals surface area contributed by atoms with Gasteiger partial charge >= 0.3 is 17.1 Å². The Labute approximate surface area is 109 Å². The summed E-state index contributed by atoms with van der Waals surface area (Å²) >= 11 is 0. The van der Waals surface area contributed by atoms with Crippen molar-refractivity contribution in [2.45, 2.75) is 26.4 Å². The molecule has 0 heterocycles. The number of rotatable bonds is 3. The number of nitrogens with one attached hydrogen (secondary N) is 1. The number of hydrogen-bond acceptors (Lipinski definition) is 1. The third-order valence-corrected chi connectivity index (χ3v) is 2.00. The van der Waals surface area contributed by atoms with Crippen LogP contribution in [-0.2, 0) is 23.6 Å². The van der Waals surface area contributed by atoms with Crippen molar-refractivity contribution >= 4 is 0 Å². The van der Waals surface area contributed by atoms with Gasteiger partial charge in [-0.3, -0.25) is 0 Å². The van der Waals surface area contributed by atoms with Crippen molar-refractivity contribution in [3.8, 4) is 0 Å². The molecule has 1 N–H and O–H groups in total. The summed E-state index contributed by atoms with van der Waals surface area (Å²) in [5.74, 6) is 0. The first-order valence-corrected chi connectivity index (χ1v) is 5.39. The predicted molar refractivity (Wildman–Crippen MR) is 66.0 cm³/mol. The minimum Gasteiger partial charge on any atom is -0.313 e. The first-order valence-electron chi connectivity index (χ1n) is 5.39. The summed E-state index contributed by atoms with van der Waals surface area (Å²) in [7, 11) is 0. The fourth-order valence-corrected chi connectivity index (χ4v) is 1.17. The summed E-state index contributed by atoms with van der Waals surface area (Å²) in [4.78, 5) is 0. The Morgan fingerprint density at radius 3 is 2.19 bits per heavy atom. The minimum atomic E-state index is 0. The van der Waals surface area contributed by atoms with E-state index < -0.39 is 0 Å². The molecule has 0 bridgehead atoms. The third-order valence-electron chi connectivity index (χ3n) is 2.00. The van der Waals surface area contributed by atoms with Gasteiger partial charge in [-0.2, -0.15) is 35.9 Å². The van der Waals surface area contributed by atoms with Crippen molar-refractivity contribution < 1.29 is 17.1 Å². The van der Waals surface area contributed by atoms with Crippen LogP contribution in [0.1, 0.15) is 19.4 Å². The van der Waals surface area contributed by atoms with Gasteiger partial charge in [0.25, 0.3) is 0 Å². The van der Waals surface area contributed by atoms with Gasteiger partial charge in [-0.15, -0.1) is 0 Å². The summed E-state index contributed by atoms with van der Waals surface area (Å²) in [5, 5.41) is 3.35. The maximum absolute atomic E-state index is 3.35. The second kappa shape index (κ2) is 9.41. The molecule has 2 aromatic carbocycles. The second-order valence-electron chi connectivity index (χ2n) is 3.79. The van der Waals surface area contributed by atoms with Crippen LogP contribution < -0.4 is 5.32 Å². The topological polar surface area (TPSA) is 12.0 Å². The van der Waals surface area contributed by atoms with Gasteiger partial charge in [0.05, 0.1) is 0 Å². The third kappa shape index (κ3) is 7.47. The molecule has 16 heavy (non-hydrogen) atoms. The van der Waals surface area contributed by atoms with Gasteiger partial charge < -0.3 is 5.32 Å². The van der Waals surface area contributed by atoms with E-state index in [-0.39, 0.29) is 17.1 Å². The standard InChI is InChI=1S/C9H14N.C5H5.Fe/c1-8(2)10-7-9-5-3-4-6-9;1-2-4-5-3-1;/h3-6,8,10H,7H2,1-2H3;1-5H;/q2*-1;+2. The Hall–Kier alpha value is -0.821. The smallest absolute Gasteiger partial charge is 0.313 e. The largest absolute Gasteiger partial charge is 2.00 e. The molecule has 0 amide bonds. The molecule has 2 heteroatoms. The predicted octanol–water partition coefficient (Wildman–Crippen LogP) is 3.31. The van der Waals surface area contributed by atoms with Crippen molar-refractivity contribution in [1.82, 2.24) is 5.32 Å². The average molecular weight is 257 g/mol. The fraction of sp³-hybridized carbons (Fsp3) is 0.286. The summed E-state index contributed by atoms with van der Waals surface area (Å²) in [6.07, 6.45) is 0. The van der Waals surface area contributed by atoms with Crippen molar-refractivity contribution in [2.75, 3.05) is 0 Å². The molecule has 0 unspecified atom stereocenters. The molecule has 0 fully saturated rings. The van der Waals surface area contributed by atoms with Crippen LogP contribution in [0.25, 0.3) is 0 Å². The van der Waals surface area contributed by atoms with Crippen LogP contribution in [-0.4, -0.2) is 6.04 Å². The molecule has 0 aliphatic rings. The van der Waals surface area contributed by atoms with E-state index in [2.05, 4.69) is 43.4 Å². The molecule has 0 aromatic heterocycles. The molecule has 0 aliphatic carbocycles. The summed E-state index contributed by atoms with van der Waals surface area (Å²) in [6, 6.07) is 19.0. The Morgan fingerprint density at radius 2 is 1.81 bits per heavy atom. The van der Waals surface area contributed by atoms with E-state index in [1.165, 1.54) is 5.56 Å². The zero-order valence-corrected chi connectivity index (χ0v) is 10.9. The second-order valence-corrected chi connectivity index (χ2v) is 3.79. The van der Waals surface area contributed by atoms with Gasteiger partial charge in [0.2, 0.25) is 0 Å². The monoisotopic (exact) mass is 257 g/mol. The van der Waals surface area contributed by atoms with E-state index in [0.717, 1.165) is 6.54 Å². The van der Waals surface area contributed by atoms with Gasteiger partial charge in [0.1, 0.15) is 0 Å². The van der Waals surface area contributed by atoms with Crippen LogP contribution in [0.4, 0.5) is 0 Å².